The summed E-state index contributed by atoms with van der Waals surface area (Å²) in [7, 11) is 2.62. The number of aromatic nitrogens is 4. The van der Waals surface area contributed by atoms with Gasteiger partial charge >= 0.3 is 12.2 Å². The SMILES string of the molecule is COC(=O)N[C@H](C(=O)N1CC2(CC2)C[C@H]1c1ncc(-c2ccc3cc(-c4ccc(-c5cnc([C@H]6CC7CCC(C7)N6C(=O)[C@@H](NC(=O)OC)C(C)C)[nH]5)cc4)ccc3c2)[nH]1)C(C)C. The number of H-pyrrole nitrogens is 2. The van der Waals surface area contributed by atoms with Crippen LogP contribution in [0.3, 0.4) is 0 Å². The minimum absolute atomic E-state index is 0.0878. The zero-order valence-electron chi connectivity index (χ0n) is 36.9. The van der Waals surface area contributed by atoms with Gasteiger partial charge < -0.3 is 39.9 Å². The summed E-state index contributed by atoms with van der Waals surface area (Å²) < 4.78 is 9.68. The van der Waals surface area contributed by atoms with Gasteiger partial charge in [0.1, 0.15) is 23.7 Å². The monoisotopic (exact) mass is 854 g/mol. The molecule has 9 rings (SSSR count). The Bertz CT molecular complexity index is 2520. The van der Waals surface area contributed by atoms with Gasteiger partial charge in [-0.3, -0.25) is 9.59 Å². The number of methoxy groups -OCH3 is 2. The molecule has 0 radical (unpaired) electrons. The van der Waals surface area contributed by atoms with Crippen LogP contribution in [0.15, 0.2) is 73.1 Å². The van der Waals surface area contributed by atoms with Crippen LogP contribution in [-0.2, 0) is 19.1 Å². The van der Waals surface area contributed by atoms with Gasteiger partial charge in [-0.15, -0.1) is 0 Å². The molecule has 14 heteroatoms. The Balaban J connectivity index is 0.896. The fourth-order valence-electron chi connectivity index (χ4n) is 10.3. The first-order chi connectivity index (χ1) is 30.3. The van der Waals surface area contributed by atoms with Crippen LogP contribution in [0.2, 0.25) is 0 Å². The number of piperidine rings is 1. The van der Waals surface area contributed by atoms with E-state index in [1.807, 2.05) is 49.9 Å². The molecule has 2 saturated carbocycles. The van der Waals surface area contributed by atoms with Gasteiger partial charge in [0.25, 0.3) is 0 Å². The number of alkyl carbamates (subject to hydrolysis) is 2. The number of carbonyl (C=O) groups is 4. The summed E-state index contributed by atoms with van der Waals surface area (Å²) in [5.41, 5.74) is 6.09. The standard InChI is InChI=1S/C49H58N8O6/c1-27(2)41(54-47(60)62-5)45(58)56-26-49(17-18-49)23-40(56)44-51-25-38(53-44)35-15-14-33-21-32(12-13-34(33)22-35)30-8-10-31(11-9-30)37-24-50-43(52-37)39-20-29-7-16-36(19-29)57(39)46(59)42(28(3)4)55-48(61)63-6/h8-15,21-22,24-25,27-29,36,39-42H,7,16-20,23,26H2,1-6H3,(H,50,52)(H,51,53)(H,54,60)(H,55,61)/t29?,36?,39-,40+,41+,42+/m1/s1. The van der Waals surface area contributed by atoms with Gasteiger partial charge in [0, 0.05) is 18.2 Å². The van der Waals surface area contributed by atoms with Crippen molar-refractivity contribution in [3.8, 4) is 33.6 Å². The number of aromatic amines is 2. The summed E-state index contributed by atoms with van der Waals surface area (Å²) in [6.07, 6.45) is 9.36. The van der Waals surface area contributed by atoms with E-state index >= 15 is 0 Å². The second kappa shape index (κ2) is 16.8. The number of carbonyl (C=O) groups excluding carboxylic acids is 4. The summed E-state index contributed by atoms with van der Waals surface area (Å²) in [6.45, 7) is 8.39. The summed E-state index contributed by atoms with van der Waals surface area (Å²) in [5.74, 6) is 1.67. The van der Waals surface area contributed by atoms with E-state index in [0.29, 0.717) is 12.5 Å². The molecule has 2 bridgehead atoms. The van der Waals surface area contributed by atoms with Gasteiger partial charge in [0.2, 0.25) is 11.8 Å². The molecule has 5 aromatic rings. The number of likely N-dealkylation sites (tertiary alicyclic amines) is 2. The van der Waals surface area contributed by atoms with Crippen LogP contribution in [0, 0.1) is 23.2 Å². The first-order valence-electron chi connectivity index (χ1n) is 22.4. The Labute approximate surface area is 367 Å². The van der Waals surface area contributed by atoms with Crippen LogP contribution in [-0.4, -0.2) is 92.6 Å². The molecule has 4 aliphatic rings. The number of fused-ring (bicyclic) bond motifs is 3. The van der Waals surface area contributed by atoms with Crippen LogP contribution >= 0.6 is 0 Å². The molecule has 3 aromatic carbocycles. The van der Waals surface area contributed by atoms with Crippen LogP contribution in [0.4, 0.5) is 9.59 Å². The van der Waals surface area contributed by atoms with Gasteiger partial charge in [-0.1, -0.05) is 76.2 Å². The quantitative estimate of drug-likeness (QED) is 0.102. The molecular weight excluding hydrogens is 797 g/mol. The third-order valence-corrected chi connectivity index (χ3v) is 14.1. The lowest BCUT2D eigenvalue weighted by Gasteiger charge is -2.42. The van der Waals surface area contributed by atoms with Crippen molar-refractivity contribution >= 4 is 34.8 Å². The number of hydrogen-bond acceptors (Lipinski definition) is 8. The maximum Gasteiger partial charge on any atom is 0.407 e. The van der Waals surface area contributed by atoms with E-state index in [1.54, 1.807) is 0 Å². The molecule has 4 heterocycles. The molecule has 4 amide bonds. The first-order valence-corrected chi connectivity index (χ1v) is 22.4. The Hall–Kier alpha value is -6.18. The molecule has 63 heavy (non-hydrogen) atoms. The molecule has 4 fully saturated rings. The number of nitrogens with zero attached hydrogens (tertiary/aromatic N) is 4. The summed E-state index contributed by atoms with van der Waals surface area (Å²) in [6, 6.07) is 19.7. The molecule has 2 aliphatic heterocycles. The molecule has 14 nitrogen and oxygen atoms in total. The van der Waals surface area contributed by atoms with Gasteiger partial charge in [0.05, 0.1) is 50.1 Å². The van der Waals surface area contributed by atoms with Gasteiger partial charge in [-0.2, -0.15) is 0 Å². The molecular formula is C49H58N8O6. The third kappa shape index (κ3) is 8.27. The molecule has 2 aromatic heterocycles. The lowest BCUT2D eigenvalue weighted by Crippen LogP contribution is -2.55. The molecule has 2 unspecified atom stereocenters. The van der Waals surface area contributed by atoms with E-state index in [-0.39, 0.29) is 47.2 Å². The Morgan fingerprint density at radius 1 is 0.683 bits per heavy atom. The van der Waals surface area contributed by atoms with Crippen LogP contribution in [0.5, 0.6) is 0 Å². The summed E-state index contributed by atoms with van der Waals surface area (Å²) in [5, 5.41) is 7.75. The number of hydrogen-bond donors (Lipinski definition) is 4. The Morgan fingerprint density at radius 3 is 1.83 bits per heavy atom. The predicted molar refractivity (Wildman–Crippen MR) is 239 cm³/mol. The van der Waals surface area contributed by atoms with E-state index in [2.05, 4.69) is 81.3 Å². The highest BCUT2D eigenvalue weighted by atomic mass is 16.5. The van der Waals surface area contributed by atoms with Crippen molar-refractivity contribution in [2.45, 2.75) is 103 Å². The lowest BCUT2D eigenvalue weighted by molar-refractivity contribution is -0.141. The zero-order chi connectivity index (χ0) is 44.2. The molecule has 330 valence electrons. The molecule has 1 spiro atoms. The topological polar surface area (TPSA) is 175 Å². The maximum absolute atomic E-state index is 14.1. The number of rotatable bonds is 11. The van der Waals surface area contributed by atoms with E-state index in [4.69, 9.17) is 19.4 Å². The molecule has 2 saturated heterocycles. The van der Waals surface area contributed by atoms with Crippen molar-refractivity contribution in [1.29, 1.82) is 0 Å². The third-order valence-electron chi connectivity index (χ3n) is 14.1. The fraction of sp³-hybridized carbons (Fsp3) is 0.469. The molecule has 6 atom stereocenters. The van der Waals surface area contributed by atoms with E-state index in [0.717, 1.165) is 101 Å². The minimum Gasteiger partial charge on any atom is -0.453 e. The van der Waals surface area contributed by atoms with Crippen LogP contribution < -0.4 is 10.6 Å². The van der Waals surface area contributed by atoms with Crippen molar-refractivity contribution < 1.29 is 28.7 Å². The van der Waals surface area contributed by atoms with Crippen LogP contribution in [0.1, 0.15) is 96.4 Å². The Morgan fingerprint density at radius 2 is 1.22 bits per heavy atom. The number of benzene rings is 3. The van der Waals surface area contributed by atoms with Crippen molar-refractivity contribution in [2.24, 2.45) is 23.2 Å². The van der Waals surface area contributed by atoms with E-state index in [1.165, 1.54) is 14.2 Å². The summed E-state index contributed by atoms with van der Waals surface area (Å²) in [4.78, 5) is 73.0. The van der Waals surface area contributed by atoms with Gasteiger partial charge in [-0.25, -0.2) is 19.6 Å². The zero-order valence-corrected chi connectivity index (χ0v) is 36.9. The normalized spacial score (nSPS) is 22.1. The average Bonchev–Trinajstić information content (AvgIpc) is 3.76. The highest BCUT2D eigenvalue weighted by Gasteiger charge is 2.55. The minimum atomic E-state index is -0.688. The smallest absolute Gasteiger partial charge is 0.407 e. The Kier molecular flexibility index (Phi) is 11.3. The van der Waals surface area contributed by atoms with E-state index in [9.17, 15) is 19.2 Å². The van der Waals surface area contributed by atoms with Crippen molar-refractivity contribution in [3.05, 3.63) is 84.7 Å². The molecule has 4 N–H and O–H groups in total. The number of amides is 4. The number of ether oxygens (including phenoxy) is 2. The number of nitrogens with one attached hydrogen (secondary N) is 4. The first kappa shape index (κ1) is 42.1. The lowest BCUT2D eigenvalue weighted by atomic mass is 9.90. The fourth-order valence-corrected chi connectivity index (χ4v) is 10.3. The predicted octanol–water partition coefficient (Wildman–Crippen LogP) is 8.54. The summed E-state index contributed by atoms with van der Waals surface area (Å²) >= 11 is 0. The van der Waals surface area contributed by atoms with Crippen LogP contribution in [0.25, 0.3) is 44.4 Å². The van der Waals surface area contributed by atoms with Crippen molar-refractivity contribution in [1.82, 2.24) is 40.4 Å². The number of imidazole rings is 2. The van der Waals surface area contributed by atoms with E-state index < -0.39 is 24.3 Å². The maximum atomic E-state index is 14.1. The van der Waals surface area contributed by atoms with Gasteiger partial charge in [-0.05, 0) is 108 Å². The molecule has 2 aliphatic carbocycles. The second-order valence-electron chi connectivity index (χ2n) is 18.9. The van der Waals surface area contributed by atoms with Gasteiger partial charge in [0.15, 0.2) is 0 Å². The highest BCUT2D eigenvalue weighted by Crippen LogP contribution is 2.58. The largest absolute Gasteiger partial charge is 0.453 e. The van der Waals surface area contributed by atoms with Crippen molar-refractivity contribution in [3.63, 3.8) is 0 Å². The highest BCUT2D eigenvalue weighted by molar-refractivity contribution is 5.91. The van der Waals surface area contributed by atoms with Crippen molar-refractivity contribution in [2.75, 3.05) is 20.8 Å². The average molecular weight is 855 g/mol. The second-order valence-corrected chi connectivity index (χ2v) is 18.9.